The molecule has 0 aliphatic heterocycles. The van der Waals surface area contributed by atoms with Crippen LogP contribution in [-0.4, -0.2) is 53.9 Å². The maximum Gasteiger partial charge on any atom is 0.255 e. The van der Waals surface area contributed by atoms with Gasteiger partial charge in [0.2, 0.25) is 5.91 Å². The van der Waals surface area contributed by atoms with E-state index in [9.17, 15) is 32.6 Å². The van der Waals surface area contributed by atoms with E-state index in [2.05, 4.69) is 10.6 Å². The number of halogens is 2. The fourth-order valence-electron chi connectivity index (χ4n) is 6.12. The number of anilines is 1. The lowest BCUT2D eigenvalue weighted by atomic mass is 9.71. The molecule has 2 amide bonds. The van der Waals surface area contributed by atoms with Crippen LogP contribution < -0.4 is 10.6 Å². The number of sulfone groups is 1. The lowest BCUT2D eigenvalue weighted by Gasteiger charge is -2.42. The monoisotopic (exact) mass is 580 g/mol. The third-order valence-corrected chi connectivity index (χ3v) is 10.8. The highest BCUT2D eigenvalue weighted by Crippen LogP contribution is 2.56. The van der Waals surface area contributed by atoms with Crippen molar-refractivity contribution in [2.75, 3.05) is 11.9 Å². The van der Waals surface area contributed by atoms with Crippen LogP contribution in [0.4, 0.5) is 10.1 Å². The molecule has 2 aromatic carbocycles. The van der Waals surface area contributed by atoms with Crippen LogP contribution in [0.25, 0.3) is 0 Å². The summed E-state index contributed by atoms with van der Waals surface area (Å²) < 4.78 is 41.2. The molecule has 2 bridgehead atoms. The van der Waals surface area contributed by atoms with Gasteiger partial charge in [-0.3, -0.25) is 9.59 Å². The Bertz CT molecular complexity index is 1380. The molecule has 4 rings (SSSR count). The van der Waals surface area contributed by atoms with Crippen LogP contribution in [-0.2, 0) is 14.6 Å². The van der Waals surface area contributed by atoms with Gasteiger partial charge in [-0.1, -0.05) is 18.5 Å². The zero-order valence-corrected chi connectivity index (χ0v) is 23.7. The second-order valence-corrected chi connectivity index (χ2v) is 13.6. The molecule has 4 N–H and O–H groups in total. The number of rotatable bonds is 8. The van der Waals surface area contributed by atoms with Crippen LogP contribution in [0.2, 0.25) is 5.02 Å². The van der Waals surface area contributed by atoms with Crippen molar-refractivity contribution >= 4 is 38.9 Å². The van der Waals surface area contributed by atoms with Crippen LogP contribution in [0.1, 0.15) is 55.5 Å². The highest BCUT2D eigenvalue weighted by Gasteiger charge is 2.59. The van der Waals surface area contributed by atoms with Crippen molar-refractivity contribution in [1.29, 1.82) is 0 Å². The first-order chi connectivity index (χ1) is 18.2. The molecule has 212 valence electrons. The summed E-state index contributed by atoms with van der Waals surface area (Å²) in [7, 11) is -3.99. The molecule has 2 aromatic rings. The van der Waals surface area contributed by atoms with Crippen molar-refractivity contribution < 1.29 is 32.6 Å². The van der Waals surface area contributed by atoms with Crippen molar-refractivity contribution in [3.05, 3.63) is 58.4 Å². The van der Waals surface area contributed by atoms with E-state index in [0.29, 0.717) is 17.7 Å². The summed E-state index contributed by atoms with van der Waals surface area (Å²) in [6, 6.07) is 8.16. The lowest BCUT2D eigenvalue weighted by Crippen LogP contribution is -2.51. The molecule has 6 atom stereocenters. The molecular formula is C28H34ClFN2O6S. The minimum atomic E-state index is -3.99. The molecule has 39 heavy (non-hydrogen) atoms. The first-order valence-electron chi connectivity index (χ1n) is 13.0. The predicted octanol–water partition coefficient (Wildman–Crippen LogP) is 3.87. The predicted molar refractivity (Wildman–Crippen MR) is 146 cm³/mol. The summed E-state index contributed by atoms with van der Waals surface area (Å²) in [5, 5.41) is 25.4. The SMILES string of the molecule is Cc1cc(NC(=O)c2ccc(Cl)c(S(=O)(=O)[C@@H]3CC4C[C@H](C)C(C3)[C@@]4(O)CC(=O)NC[C@@H](C)O)c2)ccc1F. The highest BCUT2D eigenvalue weighted by atomic mass is 35.5. The number of aliphatic hydroxyl groups is 2. The molecule has 2 unspecified atom stereocenters. The Hall–Kier alpha value is -2.53. The van der Waals surface area contributed by atoms with Crippen molar-refractivity contribution in [3.63, 3.8) is 0 Å². The van der Waals surface area contributed by atoms with E-state index in [1.807, 2.05) is 6.92 Å². The summed E-state index contributed by atoms with van der Waals surface area (Å²) in [6.45, 7) is 5.14. The van der Waals surface area contributed by atoms with Gasteiger partial charge in [-0.25, -0.2) is 12.8 Å². The number of nitrogens with one attached hydrogen (secondary N) is 2. The van der Waals surface area contributed by atoms with Crippen molar-refractivity contribution in [1.82, 2.24) is 5.32 Å². The molecule has 0 radical (unpaired) electrons. The van der Waals surface area contributed by atoms with E-state index in [4.69, 9.17) is 11.6 Å². The maximum atomic E-state index is 13.8. The van der Waals surface area contributed by atoms with E-state index < -0.39 is 50.4 Å². The summed E-state index contributed by atoms with van der Waals surface area (Å²) in [4.78, 5) is 25.2. The smallest absolute Gasteiger partial charge is 0.255 e. The van der Waals surface area contributed by atoms with Crippen LogP contribution >= 0.6 is 11.6 Å². The van der Waals surface area contributed by atoms with Gasteiger partial charge in [0.25, 0.3) is 5.91 Å². The second kappa shape index (κ2) is 11.2. The number of carbonyl (C=O) groups excluding carboxylic acids is 2. The summed E-state index contributed by atoms with van der Waals surface area (Å²) in [6.07, 6.45) is 0.0185. The molecule has 0 heterocycles. The Morgan fingerprint density at radius 1 is 1.18 bits per heavy atom. The third-order valence-electron chi connectivity index (χ3n) is 8.15. The number of hydrogen-bond acceptors (Lipinski definition) is 6. The first-order valence-corrected chi connectivity index (χ1v) is 14.9. The van der Waals surface area contributed by atoms with E-state index in [1.54, 1.807) is 13.8 Å². The molecule has 0 spiro atoms. The quantitative estimate of drug-likeness (QED) is 0.375. The Labute approximate surface area is 232 Å². The summed E-state index contributed by atoms with van der Waals surface area (Å²) in [5.41, 5.74) is -0.535. The van der Waals surface area contributed by atoms with Crippen LogP contribution in [0.5, 0.6) is 0 Å². The van der Waals surface area contributed by atoms with Crippen LogP contribution in [0.3, 0.4) is 0 Å². The van der Waals surface area contributed by atoms with E-state index in [1.165, 1.54) is 36.4 Å². The van der Waals surface area contributed by atoms with Gasteiger partial charge in [-0.05, 0) is 92.8 Å². The number of aryl methyl sites for hydroxylation is 1. The van der Waals surface area contributed by atoms with Crippen molar-refractivity contribution in [2.45, 2.75) is 68.3 Å². The molecule has 0 aromatic heterocycles. The van der Waals surface area contributed by atoms with Gasteiger partial charge >= 0.3 is 0 Å². The van der Waals surface area contributed by atoms with E-state index in [-0.39, 0.29) is 53.1 Å². The number of carbonyl (C=O) groups is 2. The van der Waals surface area contributed by atoms with Crippen molar-refractivity contribution in [3.8, 4) is 0 Å². The van der Waals surface area contributed by atoms with E-state index >= 15 is 0 Å². The average Bonchev–Trinajstić information content (AvgIpc) is 2.97. The van der Waals surface area contributed by atoms with Gasteiger partial charge in [0.05, 0.1) is 33.3 Å². The molecular weight excluding hydrogens is 547 g/mol. The largest absolute Gasteiger partial charge is 0.392 e. The molecule has 2 aliphatic carbocycles. The number of hydrogen-bond donors (Lipinski definition) is 4. The maximum absolute atomic E-state index is 13.8. The molecule has 0 saturated heterocycles. The van der Waals surface area contributed by atoms with Crippen LogP contribution in [0.15, 0.2) is 41.3 Å². The van der Waals surface area contributed by atoms with Gasteiger partial charge in [0.15, 0.2) is 9.84 Å². The standard InChI is InChI=1S/C28H34ClFN2O6S/c1-15-8-19-11-21(12-22(15)28(19,36)13-26(34)31-14-17(3)33)39(37,38)25-10-18(4-6-23(25)29)27(35)32-20-5-7-24(30)16(2)9-20/h4-7,9-10,15,17,19,21-22,33,36H,8,11-14H2,1-3H3,(H,31,34)(H,32,35)/t15-,17+,19?,21+,22?,28+/m0/s1. The third kappa shape index (κ3) is 5.99. The fraction of sp³-hybridized carbons (Fsp3) is 0.500. The Morgan fingerprint density at radius 2 is 1.90 bits per heavy atom. The number of benzene rings is 2. The van der Waals surface area contributed by atoms with Gasteiger partial charge < -0.3 is 20.8 Å². The number of fused-ring (bicyclic) bond motifs is 2. The highest BCUT2D eigenvalue weighted by molar-refractivity contribution is 7.92. The van der Waals surface area contributed by atoms with Gasteiger partial charge in [0, 0.05) is 17.8 Å². The Balaban J connectivity index is 1.54. The van der Waals surface area contributed by atoms with Gasteiger partial charge in [-0.2, -0.15) is 0 Å². The molecule has 2 saturated carbocycles. The Morgan fingerprint density at radius 3 is 2.54 bits per heavy atom. The molecule has 2 aliphatic rings. The van der Waals surface area contributed by atoms with Gasteiger partial charge in [0.1, 0.15) is 5.82 Å². The fourth-order valence-corrected chi connectivity index (χ4v) is 8.50. The minimum Gasteiger partial charge on any atom is -0.392 e. The normalized spacial score (nSPS) is 27.2. The number of amides is 2. The average molecular weight is 581 g/mol. The topological polar surface area (TPSA) is 133 Å². The summed E-state index contributed by atoms with van der Waals surface area (Å²) >= 11 is 6.33. The zero-order valence-electron chi connectivity index (χ0n) is 22.1. The molecule has 8 nitrogen and oxygen atoms in total. The molecule has 2 fully saturated rings. The first kappa shape index (κ1) is 29.5. The molecule has 11 heteroatoms. The lowest BCUT2D eigenvalue weighted by molar-refractivity contribution is -0.133. The Kier molecular flexibility index (Phi) is 8.42. The zero-order chi connectivity index (χ0) is 28.7. The van der Waals surface area contributed by atoms with Crippen LogP contribution in [0, 0.1) is 30.5 Å². The van der Waals surface area contributed by atoms with Gasteiger partial charge in [-0.15, -0.1) is 0 Å². The summed E-state index contributed by atoms with van der Waals surface area (Å²) in [5.74, 6) is -2.17. The van der Waals surface area contributed by atoms with Crippen molar-refractivity contribution in [2.24, 2.45) is 17.8 Å². The second-order valence-electron chi connectivity index (χ2n) is 11.0. The van der Waals surface area contributed by atoms with E-state index in [0.717, 1.165) is 0 Å². The number of aliphatic hydroxyl groups excluding tert-OH is 1. The minimum absolute atomic E-state index is 0.0107.